The van der Waals surface area contributed by atoms with E-state index in [2.05, 4.69) is 10.6 Å². The van der Waals surface area contributed by atoms with Crippen LogP contribution in [-0.2, 0) is 0 Å². The van der Waals surface area contributed by atoms with Crippen LogP contribution in [-0.4, -0.2) is 11.8 Å². The van der Waals surface area contributed by atoms with Gasteiger partial charge in [-0.1, -0.05) is 18.2 Å². The first-order valence-electron chi connectivity index (χ1n) is 8.58. The van der Waals surface area contributed by atoms with Crippen LogP contribution in [0.5, 0.6) is 0 Å². The number of aryl methyl sites for hydroxylation is 2. The van der Waals surface area contributed by atoms with Gasteiger partial charge in [0, 0.05) is 28.6 Å². The van der Waals surface area contributed by atoms with Crippen LogP contribution in [0.4, 0.5) is 20.2 Å². The molecule has 2 N–H and O–H groups in total. The van der Waals surface area contributed by atoms with E-state index in [-0.39, 0.29) is 17.2 Å². The van der Waals surface area contributed by atoms with Gasteiger partial charge in [0.15, 0.2) is 11.6 Å². The first kappa shape index (κ1) is 19.2. The molecule has 0 aliphatic heterocycles. The van der Waals surface area contributed by atoms with Crippen LogP contribution >= 0.6 is 0 Å². The van der Waals surface area contributed by atoms with Crippen molar-refractivity contribution in [2.45, 2.75) is 13.8 Å². The Hall–Kier alpha value is -3.54. The Morgan fingerprint density at radius 2 is 1.43 bits per heavy atom. The molecule has 0 fully saturated rings. The summed E-state index contributed by atoms with van der Waals surface area (Å²) in [5.41, 5.74) is 3.28. The second kappa shape index (κ2) is 8.00. The van der Waals surface area contributed by atoms with E-state index in [4.69, 9.17) is 0 Å². The molecule has 0 saturated carbocycles. The van der Waals surface area contributed by atoms with Crippen LogP contribution in [0.1, 0.15) is 31.8 Å². The van der Waals surface area contributed by atoms with Gasteiger partial charge in [0.1, 0.15) is 0 Å². The highest BCUT2D eigenvalue weighted by Gasteiger charge is 2.13. The fourth-order valence-electron chi connectivity index (χ4n) is 2.64. The number of anilines is 2. The summed E-state index contributed by atoms with van der Waals surface area (Å²) in [6.45, 7) is 3.82. The molecule has 0 spiro atoms. The number of benzene rings is 3. The average molecular weight is 380 g/mol. The Kier molecular flexibility index (Phi) is 5.49. The van der Waals surface area contributed by atoms with E-state index >= 15 is 0 Å². The van der Waals surface area contributed by atoms with Gasteiger partial charge in [-0.15, -0.1) is 0 Å². The predicted octanol–water partition coefficient (Wildman–Crippen LogP) is 5.09. The van der Waals surface area contributed by atoms with Gasteiger partial charge in [0.05, 0.1) is 0 Å². The first-order chi connectivity index (χ1) is 13.3. The highest BCUT2D eigenvalue weighted by molar-refractivity contribution is 6.08. The molecule has 3 aromatic rings. The van der Waals surface area contributed by atoms with E-state index in [1.54, 1.807) is 12.1 Å². The zero-order chi connectivity index (χ0) is 20.3. The zero-order valence-electron chi connectivity index (χ0n) is 15.3. The number of halogens is 2. The number of amides is 2. The largest absolute Gasteiger partial charge is 0.322 e. The summed E-state index contributed by atoms with van der Waals surface area (Å²) in [6.07, 6.45) is 0. The van der Waals surface area contributed by atoms with Crippen LogP contribution in [0, 0.1) is 25.5 Å². The summed E-state index contributed by atoms with van der Waals surface area (Å²) in [5.74, 6) is -2.94. The number of carbonyl (C=O) groups is 2. The molecule has 0 saturated heterocycles. The van der Waals surface area contributed by atoms with Crippen LogP contribution < -0.4 is 10.6 Å². The summed E-state index contributed by atoms with van der Waals surface area (Å²) in [4.78, 5) is 24.9. The standard InChI is InChI=1S/C22H18F2N2O2/c1-13-6-7-14(2)20(10-13)26-22(28)16-5-3-4-15(11-16)21(27)25-17-8-9-18(23)19(24)12-17/h3-12H,1-2H3,(H,25,27)(H,26,28). The molecular weight excluding hydrogens is 362 g/mol. The molecule has 4 nitrogen and oxygen atoms in total. The summed E-state index contributed by atoms with van der Waals surface area (Å²) < 4.78 is 26.3. The van der Waals surface area contributed by atoms with E-state index in [1.807, 2.05) is 32.0 Å². The summed E-state index contributed by atoms with van der Waals surface area (Å²) >= 11 is 0. The van der Waals surface area contributed by atoms with Gasteiger partial charge >= 0.3 is 0 Å². The van der Waals surface area contributed by atoms with Gasteiger partial charge < -0.3 is 10.6 Å². The van der Waals surface area contributed by atoms with E-state index in [9.17, 15) is 18.4 Å². The van der Waals surface area contributed by atoms with E-state index in [0.29, 0.717) is 11.3 Å². The normalized spacial score (nSPS) is 10.4. The van der Waals surface area contributed by atoms with Gasteiger partial charge in [-0.05, 0) is 61.4 Å². The van der Waals surface area contributed by atoms with Crippen molar-refractivity contribution in [3.8, 4) is 0 Å². The third kappa shape index (κ3) is 4.40. The fraction of sp³-hybridized carbons (Fsp3) is 0.0909. The van der Waals surface area contributed by atoms with Crippen LogP contribution in [0.25, 0.3) is 0 Å². The molecule has 2 amide bonds. The number of hydrogen-bond donors (Lipinski definition) is 2. The van der Waals surface area contributed by atoms with Crippen molar-refractivity contribution in [1.29, 1.82) is 0 Å². The molecule has 0 aromatic heterocycles. The molecule has 142 valence electrons. The zero-order valence-corrected chi connectivity index (χ0v) is 15.3. The molecule has 3 aromatic carbocycles. The minimum absolute atomic E-state index is 0.120. The Balaban J connectivity index is 1.77. The van der Waals surface area contributed by atoms with Crippen molar-refractivity contribution in [1.82, 2.24) is 0 Å². The van der Waals surface area contributed by atoms with E-state index < -0.39 is 17.5 Å². The lowest BCUT2D eigenvalue weighted by Gasteiger charge is -2.10. The van der Waals surface area contributed by atoms with Crippen molar-refractivity contribution in [3.63, 3.8) is 0 Å². The number of rotatable bonds is 4. The van der Waals surface area contributed by atoms with Crippen LogP contribution in [0.15, 0.2) is 60.7 Å². The lowest BCUT2D eigenvalue weighted by Crippen LogP contribution is -2.16. The maximum Gasteiger partial charge on any atom is 0.255 e. The summed E-state index contributed by atoms with van der Waals surface area (Å²) in [7, 11) is 0. The molecule has 0 bridgehead atoms. The van der Waals surface area contributed by atoms with Gasteiger partial charge in [0.25, 0.3) is 11.8 Å². The second-order valence-electron chi connectivity index (χ2n) is 6.44. The van der Waals surface area contributed by atoms with E-state index in [0.717, 1.165) is 23.3 Å². The Morgan fingerprint density at radius 3 is 2.11 bits per heavy atom. The van der Waals surface area contributed by atoms with Gasteiger partial charge in [0.2, 0.25) is 0 Å². The van der Waals surface area contributed by atoms with Gasteiger partial charge in [-0.3, -0.25) is 9.59 Å². The van der Waals surface area contributed by atoms with Crippen LogP contribution in [0.3, 0.4) is 0 Å². The molecule has 0 atom stereocenters. The summed E-state index contributed by atoms with van der Waals surface area (Å²) in [6, 6.07) is 15.0. The molecule has 6 heteroatoms. The predicted molar refractivity (Wildman–Crippen MR) is 105 cm³/mol. The molecule has 0 aliphatic rings. The number of hydrogen-bond acceptors (Lipinski definition) is 2. The Morgan fingerprint density at radius 1 is 0.750 bits per heavy atom. The molecule has 28 heavy (non-hydrogen) atoms. The smallest absolute Gasteiger partial charge is 0.255 e. The molecular formula is C22H18F2N2O2. The summed E-state index contributed by atoms with van der Waals surface area (Å²) in [5, 5.41) is 5.32. The fourth-order valence-corrected chi connectivity index (χ4v) is 2.64. The maximum absolute atomic E-state index is 13.3. The lowest BCUT2D eigenvalue weighted by atomic mass is 10.1. The molecule has 0 unspecified atom stereocenters. The highest BCUT2D eigenvalue weighted by Crippen LogP contribution is 2.19. The molecule has 0 radical (unpaired) electrons. The third-order valence-electron chi connectivity index (χ3n) is 4.21. The average Bonchev–Trinajstić information content (AvgIpc) is 2.67. The highest BCUT2D eigenvalue weighted by atomic mass is 19.2. The van der Waals surface area contributed by atoms with Crippen LogP contribution in [0.2, 0.25) is 0 Å². The number of carbonyl (C=O) groups excluding carboxylic acids is 2. The molecule has 0 heterocycles. The Labute approximate surface area is 161 Å². The molecule has 3 rings (SSSR count). The van der Waals surface area contributed by atoms with E-state index in [1.165, 1.54) is 18.2 Å². The van der Waals surface area contributed by atoms with Crippen molar-refractivity contribution >= 4 is 23.2 Å². The lowest BCUT2D eigenvalue weighted by molar-refractivity contribution is 0.102. The third-order valence-corrected chi connectivity index (χ3v) is 4.21. The van der Waals surface area contributed by atoms with Crippen molar-refractivity contribution in [2.24, 2.45) is 0 Å². The van der Waals surface area contributed by atoms with Gasteiger partial charge in [-0.2, -0.15) is 0 Å². The quantitative estimate of drug-likeness (QED) is 0.663. The Bertz CT molecular complexity index is 1060. The minimum atomic E-state index is -1.06. The maximum atomic E-state index is 13.3. The van der Waals surface area contributed by atoms with Crippen molar-refractivity contribution < 1.29 is 18.4 Å². The molecule has 0 aliphatic carbocycles. The van der Waals surface area contributed by atoms with Gasteiger partial charge in [-0.25, -0.2) is 8.78 Å². The minimum Gasteiger partial charge on any atom is -0.322 e. The van der Waals surface area contributed by atoms with Crippen molar-refractivity contribution in [2.75, 3.05) is 10.6 Å². The first-order valence-corrected chi connectivity index (χ1v) is 8.58. The topological polar surface area (TPSA) is 58.2 Å². The van der Waals surface area contributed by atoms with Crippen molar-refractivity contribution in [3.05, 3.63) is 94.6 Å². The SMILES string of the molecule is Cc1ccc(C)c(NC(=O)c2cccc(C(=O)Nc3ccc(F)c(F)c3)c2)c1. The second-order valence-corrected chi connectivity index (χ2v) is 6.44. The number of nitrogens with one attached hydrogen (secondary N) is 2. The monoisotopic (exact) mass is 380 g/mol.